The minimum absolute atomic E-state index is 0.0732. The van der Waals surface area contributed by atoms with Crippen molar-refractivity contribution in [2.45, 2.75) is 37.3 Å². The largest absolute Gasteiger partial charge is 0.508 e. The molecule has 226 valence electrons. The zero-order valence-corrected chi connectivity index (χ0v) is 24.3. The number of benzene rings is 2. The van der Waals surface area contributed by atoms with E-state index in [-0.39, 0.29) is 61.7 Å². The van der Waals surface area contributed by atoms with Gasteiger partial charge in [0.1, 0.15) is 18.0 Å². The van der Waals surface area contributed by atoms with E-state index in [9.17, 15) is 19.5 Å². The molecule has 0 spiro atoms. The fourth-order valence-corrected chi connectivity index (χ4v) is 5.91. The van der Waals surface area contributed by atoms with Crippen molar-refractivity contribution < 1.29 is 19.5 Å². The van der Waals surface area contributed by atoms with E-state index in [4.69, 9.17) is 5.73 Å². The fourth-order valence-electron chi connectivity index (χ4n) is 5.91. The Balaban J connectivity index is 1.48. The first-order chi connectivity index (χ1) is 20.8. The van der Waals surface area contributed by atoms with E-state index in [1.165, 1.54) is 0 Å². The summed E-state index contributed by atoms with van der Waals surface area (Å²) in [6.07, 6.45) is 6.99. The van der Waals surface area contributed by atoms with Gasteiger partial charge in [0.05, 0.1) is 13.1 Å². The van der Waals surface area contributed by atoms with Crippen LogP contribution in [0.3, 0.4) is 0 Å². The number of likely N-dealkylation sites (N-methyl/N-ethyl adjacent to an activating group) is 1. The Labute approximate surface area is 251 Å². The minimum Gasteiger partial charge on any atom is -0.508 e. The molecule has 5 N–H and O–H groups in total. The molecule has 2 fully saturated rings. The highest BCUT2D eigenvalue weighted by atomic mass is 16.3. The average molecular weight is 586 g/mol. The van der Waals surface area contributed by atoms with Gasteiger partial charge >= 0.3 is 6.03 Å². The maximum Gasteiger partial charge on any atom is 0.334 e. The van der Waals surface area contributed by atoms with Crippen LogP contribution >= 0.6 is 0 Å². The number of carbonyl (C=O) groups is 3. The molecular formula is C32H39N7O4. The first kappa shape index (κ1) is 30.0. The summed E-state index contributed by atoms with van der Waals surface area (Å²) in [5.41, 5.74) is 8.84. The van der Waals surface area contributed by atoms with Crippen molar-refractivity contribution in [2.75, 3.05) is 33.2 Å². The number of fused-ring (bicyclic) bond motifs is 1. The second-order valence-corrected chi connectivity index (χ2v) is 11.0. The number of rotatable bonds is 9. The van der Waals surface area contributed by atoms with Crippen molar-refractivity contribution in [1.82, 2.24) is 30.5 Å². The third-order valence-electron chi connectivity index (χ3n) is 8.08. The van der Waals surface area contributed by atoms with Crippen molar-refractivity contribution in [3.8, 4) is 5.75 Å². The molecule has 43 heavy (non-hydrogen) atoms. The summed E-state index contributed by atoms with van der Waals surface area (Å²) in [4.78, 5) is 45.0. The molecule has 11 nitrogen and oxygen atoms in total. The van der Waals surface area contributed by atoms with Crippen LogP contribution in [0.25, 0.3) is 0 Å². The summed E-state index contributed by atoms with van der Waals surface area (Å²) >= 11 is 0. The van der Waals surface area contributed by atoms with Gasteiger partial charge in [-0.2, -0.15) is 0 Å². The molecule has 2 unspecified atom stereocenters. The van der Waals surface area contributed by atoms with Crippen molar-refractivity contribution in [3.63, 3.8) is 0 Å². The number of nitrogens with zero attached hydrogens (tertiary/aromatic N) is 4. The SMILES string of the molecule is C=CCN1CC(=O)N2[C@@H](Cc3ccc(O)cc3)C(=O)N(CC3=CC(NC)C(N)C=C3)C[C@@H]2N1C(=O)NCc1ccccc1. The number of nitrogens with one attached hydrogen (secondary N) is 2. The van der Waals surface area contributed by atoms with Gasteiger partial charge in [-0.05, 0) is 35.9 Å². The number of phenols is 1. The van der Waals surface area contributed by atoms with E-state index in [1.807, 2.05) is 55.6 Å². The van der Waals surface area contributed by atoms with Gasteiger partial charge in [-0.3, -0.25) is 9.59 Å². The molecule has 4 amide bonds. The molecule has 11 heteroatoms. The Bertz CT molecular complexity index is 1390. The lowest BCUT2D eigenvalue weighted by Gasteiger charge is -2.55. The number of amides is 4. The standard InChI is InChI=1S/C32H39N7O4/c1-3-15-37-21-30(41)38-28(17-22-9-12-25(40)13-10-22)31(42)36(19-24-11-14-26(33)27(16-24)34-2)20-29(38)39(37)32(43)35-18-23-7-5-4-6-8-23/h3-14,16,26-29,34,40H,1,15,17-21,33H2,2H3,(H,35,43)/t26?,27?,28-,29-/m0/s1. The Kier molecular flexibility index (Phi) is 9.24. The molecular weight excluding hydrogens is 546 g/mol. The lowest BCUT2D eigenvalue weighted by molar-refractivity contribution is -0.188. The van der Waals surface area contributed by atoms with E-state index >= 15 is 0 Å². The monoisotopic (exact) mass is 585 g/mol. The third kappa shape index (κ3) is 6.64. The van der Waals surface area contributed by atoms with Gasteiger partial charge in [0.25, 0.3) is 0 Å². The number of piperazine rings is 1. The van der Waals surface area contributed by atoms with Gasteiger partial charge in [0.15, 0.2) is 0 Å². The van der Waals surface area contributed by atoms with Gasteiger partial charge in [0.2, 0.25) is 11.8 Å². The molecule has 1 aliphatic carbocycles. The maximum absolute atomic E-state index is 14.1. The molecule has 3 aliphatic rings. The highest BCUT2D eigenvalue weighted by Crippen LogP contribution is 2.29. The lowest BCUT2D eigenvalue weighted by Crippen LogP contribution is -2.76. The highest BCUT2D eigenvalue weighted by Gasteiger charge is 2.51. The van der Waals surface area contributed by atoms with Gasteiger partial charge < -0.3 is 31.3 Å². The Morgan fingerprint density at radius 2 is 1.86 bits per heavy atom. The molecule has 0 bridgehead atoms. The summed E-state index contributed by atoms with van der Waals surface area (Å²) in [6.45, 7) is 4.77. The van der Waals surface area contributed by atoms with Crippen molar-refractivity contribution >= 4 is 17.8 Å². The molecule has 2 aromatic rings. The van der Waals surface area contributed by atoms with Crippen LogP contribution in [-0.2, 0) is 22.6 Å². The highest BCUT2D eigenvalue weighted by molar-refractivity contribution is 5.92. The molecule has 2 aromatic carbocycles. The van der Waals surface area contributed by atoms with Gasteiger partial charge in [-0.1, -0.05) is 66.8 Å². The van der Waals surface area contributed by atoms with Crippen LogP contribution < -0.4 is 16.4 Å². The van der Waals surface area contributed by atoms with E-state index < -0.39 is 12.2 Å². The van der Waals surface area contributed by atoms with Gasteiger partial charge in [-0.15, -0.1) is 6.58 Å². The van der Waals surface area contributed by atoms with Crippen molar-refractivity contribution in [2.24, 2.45) is 5.73 Å². The number of hydrogen-bond donors (Lipinski definition) is 4. The number of hydrazine groups is 1. The molecule has 5 rings (SSSR count). The molecule has 2 aliphatic heterocycles. The van der Waals surface area contributed by atoms with Crippen molar-refractivity contribution in [1.29, 1.82) is 0 Å². The molecule has 2 saturated heterocycles. The van der Waals surface area contributed by atoms with Crippen LogP contribution in [0.1, 0.15) is 11.1 Å². The van der Waals surface area contributed by atoms with E-state index in [0.717, 1.165) is 16.7 Å². The predicted molar refractivity (Wildman–Crippen MR) is 163 cm³/mol. The molecule has 0 radical (unpaired) electrons. The number of nitrogens with two attached hydrogens (primary N) is 1. The fraction of sp³-hybridized carbons (Fsp3) is 0.344. The summed E-state index contributed by atoms with van der Waals surface area (Å²) in [6, 6.07) is 14.7. The first-order valence-electron chi connectivity index (χ1n) is 14.5. The third-order valence-corrected chi connectivity index (χ3v) is 8.08. The van der Waals surface area contributed by atoms with Crippen LogP contribution in [0.4, 0.5) is 4.79 Å². The molecule has 2 heterocycles. The summed E-state index contributed by atoms with van der Waals surface area (Å²) in [5.74, 6) is -0.333. The van der Waals surface area contributed by atoms with E-state index in [0.29, 0.717) is 13.1 Å². The number of hydrogen-bond acceptors (Lipinski definition) is 7. The number of carbonyl (C=O) groups excluding carboxylic acids is 3. The Hall–Kier alpha value is -4.45. The van der Waals surface area contributed by atoms with Crippen LogP contribution in [0.15, 0.2) is 91.1 Å². The summed E-state index contributed by atoms with van der Waals surface area (Å²) < 4.78 is 0. The number of phenolic OH excluding ortho intramolecular Hbond substituents is 1. The zero-order valence-electron chi connectivity index (χ0n) is 24.3. The van der Waals surface area contributed by atoms with Crippen LogP contribution in [0.5, 0.6) is 5.75 Å². The average Bonchev–Trinajstić information content (AvgIpc) is 3.00. The molecule has 0 aromatic heterocycles. The zero-order chi connectivity index (χ0) is 30.5. The van der Waals surface area contributed by atoms with Crippen LogP contribution in [0, 0.1) is 0 Å². The van der Waals surface area contributed by atoms with Crippen LogP contribution in [-0.4, -0.2) is 100 Å². The predicted octanol–water partition coefficient (Wildman–Crippen LogP) is 1.34. The van der Waals surface area contributed by atoms with E-state index in [2.05, 4.69) is 17.2 Å². The molecule has 0 saturated carbocycles. The quantitative estimate of drug-likeness (QED) is 0.327. The van der Waals surface area contributed by atoms with Gasteiger partial charge in [0, 0.05) is 38.1 Å². The first-order valence-corrected chi connectivity index (χ1v) is 14.5. The Morgan fingerprint density at radius 1 is 1.12 bits per heavy atom. The normalized spacial score (nSPS) is 24.0. The Morgan fingerprint density at radius 3 is 2.56 bits per heavy atom. The summed E-state index contributed by atoms with van der Waals surface area (Å²) in [5, 5.41) is 19.2. The van der Waals surface area contributed by atoms with Crippen molar-refractivity contribution in [3.05, 3.63) is 102 Å². The van der Waals surface area contributed by atoms with E-state index in [1.54, 1.807) is 50.2 Å². The second kappa shape index (κ2) is 13.2. The smallest absolute Gasteiger partial charge is 0.334 e. The van der Waals surface area contributed by atoms with Gasteiger partial charge in [-0.25, -0.2) is 14.8 Å². The number of aromatic hydroxyl groups is 1. The van der Waals surface area contributed by atoms with Crippen LogP contribution in [0.2, 0.25) is 0 Å². The minimum atomic E-state index is -0.846. The topological polar surface area (TPSA) is 134 Å². The maximum atomic E-state index is 14.1. The second-order valence-electron chi connectivity index (χ2n) is 11.0. The number of urea groups is 1. The summed E-state index contributed by atoms with van der Waals surface area (Å²) in [7, 11) is 1.84. The lowest BCUT2D eigenvalue weighted by atomic mass is 9.96. The molecule has 4 atom stereocenters.